The molecule has 0 bridgehead atoms. The third-order valence-corrected chi connectivity index (χ3v) is 2.60. The molecule has 0 N–H and O–H groups in total. The molecule has 0 radical (unpaired) electrons. The third kappa shape index (κ3) is 3.23. The van der Waals surface area contributed by atoms with Crippen LogP contribution in [-0.4, -0.2) is 22.0 Å². The standard InChI is InChI=1S/C6H15ClOSi/c1-3-6(7,4-2)5-8-9/h3-5H2,1-2,9H3. The zero-order chi connectivity index (χ0) is 7.33. The highest BCUT2D eigenvalue weighted by atomic mass is 35.5. The Hall–Kier alpha value is 0.467. The maximum absolute atomic E-state index is 6.11. The first-order valence-electron chi connectivity index (χ1n) is 3.36. The van der Waals surface area contributed by atoms with E-state index in [1.165, 1.54) is 0 Å². The number of rotatable bonds is 4. The van der Waals surface area contributed by atoms with Gasteiger partial charge in [-0.15, -0.1) is 11.6 Å². The smallest absolute Gasteiger partial charge is 0.146 e. The first-order chi connectivity index (χ1) is 4.18. The van der Waals surface area contributed by atoms with E-state index in [4.69, 9.17) is 16.0 Å². The van der Waals surface area contributed by atoms with E-state index in [0.717, 1.165) is 23.3 Å². The second kappa shape index (κ2) is 4.31. The van der Waals surface area contributed by atoms with E-state index in [-0.39, 0.29) is 4.87 Å². The first kappa shape index (κ1) is 9.47. The Morgan fingerprint density at radius 1 is 1.44 bits per heavy atom. The quantitative estimate of drug-likeness (QED) is 0.449. The van der Waals surface area contributed by atoms with Crippen molar-refractivity contribution in [1.29, 1.82) is 0 Å². The molecule has 0 aliphatic heterocycles. The van der Waals surface area contributed by atoms with Crippen molar-refractivity contribution in [3.63, 3.8) is 0 Å². The van der Waals surface area contributed by atoms with Gasteiger partial charge in [0.15, 0.2) is 0 Å². The van der Waals surface area contributed by atoms with Gasteiger partial charge in [-0.2, -0.15) is 0 Å². The van der Waals surface area contributed by atoms with Gasteiger partial charge in [0.25, 0.3) is 0 Å². The molecule has 0 aliphatic rings. The van der Waals surface area contributed by atoms with Gasteiger partial charge in [-0.05, 0) is 12.8 Å². The van der Waals surface area contributed by atoms with E-state index < -0.39 is 0 Å². The van der Waals surface area contributed by atoms with Crippen molar-refractivity contribution in [2.75, 3.05) is 6.61 Å². The summed E-state index contributed by atoms with van der Waals surface area (Å²) in [6.45, 7) is 4.90. The molecule has 1 nitrogen and oxygen atoms in total. The van der Waals surface area contributed by atoms with Crippen LogP contribution < -0.4 is 0 Å². The van der Waals surface area contributed by atoms with E-state index >= 15 is 0 Å². The van der Waals surface area contributed by atoms with E-state index in [1.807, 2.05) is 0 Å². The van der Waals surface area contributed by atoms with Gasteiger partial charge in [0, 0.05) is 0 Å². The molecular weight excluding hydrogens is 152 g/mol. The van der Waals surface area contributed by atoms with Crippen LogP contribution in [0.1, 0.15) is 26.7 Å². The van der Waals surface area contributed by atoms with Crippen LogP contribution in [0.5, 0.6) is 0 Å². The molecule has 0 aromatic rings. The van der Waals surface area contributed by atoms with Crippen LogP contribution in [0.4, 0.5) is 0 Å². The highest BCUT2D eigenvalue weighted by molar-refractivity contribution is 6.24. The number of hydrogen-bond donors (Lipinski definition) is 0. The Morgan fingerprint density at radius 2 is 1.89 bits per heavy atom. The second-order valence-electron chi connectivity index (χ2n) is 2.29. The summed E-state index contributed by atoms with van der Waals surface area (Å²) >= 11 is 6.11. The lowest BCUT2D eigenvalue weighted by atomic mass is 10.0. The predicted octanol–water partition coefficient (Wildman–Crippen LogP) is 1.08. The lowest BCUT2D eigenvalue weighted by Gasteiger charge is -2.22. The molecule has 0 rings (SSSR count). The van der Waals surface area contributed by atoms with Gasteiger partial charge in [0.2, 0.25) is 0 Å². The molecule has 0 unspecified atom stereocenters. The summed E-state index contributed by atoms with van der Waals surface area (Å²) in [5, 5.41) is 0. The van der Waals surface area contributed by atoms with Crippen molar-refractivity contribution >= 4 is 22.1 Å². The summed E-state index contributed by atoms with van der Waals surface area (Å²) in [5.41, 5.74) is 0. The van der Waals surface area contributed by atoms with Crippen LogP contribution in [-0.2, 0) is 4.43 Å². The minimum Gasteiger partial charge on any atom is -0.426 e. The fourth-order valence-electron chi connectivity index (χ4n) is 0.713. The molecular formula is C6H15ClOSi. The molecule has 0 saturated heterocycles. The first-order valence-corrected chi connectivity index (χ1v) is 4.56. The zero-order valence-corrected chi connectivity index (χ0v) is 9.16. The fraction of sp³-hybridized carbons (Fsp3) is 1.00. The summed E-state index contributed by atoms with van der Waals surface area (Å²) in [7, 11) is 0.795. The lowest BCUT2D eigenvalue weighted by Crippen LogP contribution is -2.25. The number of alkyl halides is 1. The van der Waals surface area contributed by atoms with Gasteiger partial charge in [-0.3, -0.25) is 0 Å². The monoisotopic (exact) mass is 166 g/mol. The molecule has 0 aromatic heterocycles. The Bertz CT molecular complexity index is 73.5. The topological polar surface area (TPSA) is 9.23 Å². The van der Waals surface area contributed by atoms with E-state index in [2.05, 4.69) is 13.8 Å². The molecule has 0 spiro atoms. The molecule has 0 fully saturated rings. The van der Waals surface area contributed by atoms with Gasteiger partial charge in [0.1, 0.15) is 10.5 Å². The van der Waals surface area contributed by atoms with E-state index in [1.54, 1.807) is 0 Å². The van der Waals surface area contributed by atoms with Crippen LogP contribution in [0.25, 0.3) is 0 Å². The summed E-state index contributed by atoms with van der Waals surface area (Å²) in [6, 6.07) is 0. The average Bonchev–Trinajstić information content (AvgIpc) is 1.89. The largest absolute Gasteiger partial charge is 0.426 e. The third-order valence-electron chi connectivity index (χ3n) is 1.67. The molecule has 0 saturated carbocycles. The van der Waals surface area contributed by atoms with Crippen molar-refractivity contribution < 1.29 is 4.43 Å². The normalized spacial score (nSPS) is 12.3. The Morgan fingerprint density at radius 3 is 2.00 bits per heavy atom. The molecule has 3 heteroatoms. The van der Waals surface area contributed by atoms with Crippen LogP contribution >= 0.6 is 11.6 Å². The minimum absolute atomic E-state index is 0.0816. The van der Waals surface area contributed by atoms with Crippen molar-refractivity contribution in [2.45, 2.75) is 31.6 Å². The van der Waals surface area contributed by atoms with Gasteiger partial charge in [-0.1, -0.05) is 13.8 Å². The number of halogens is 1. The molecule has 56 valence electrons. The van der Waals surface area contributed by atoms with Crippen molar-refractivity contribution in [2.24, 2.45) is 0 Å². The summed E-state index contributed by atoms with van der Waals surface area (Å²) in [6.07, 6.45) is 1.99. The lowest BCUT2D eigenvalue weighted by molar-refractivity contribution is 0.279. The molecule has 0 aromatic carbocycles. The maximum atomic E-state index is 6.11. The predicted molar refractivity (Wildman–Crippen MR) is 45.1 cm³/mol. The highest BCUT2D eigenvalue weighted by Crippen LogP contribution is 2.23. The maximum Gasteiger partial charge on any atom is 0.146 e. The van der Waals surface area contributed by atoms with Gasteiger partial charge in [-0.25, -0.2) is 0 Å². The molecule has 0 amide bonds. The van der Waals surface area contributed by atoms with Crippen LogP contribution in [0.3, 0.4) is 0 Å². The Kier molecular flexibility index (Phi) is 4.53. The van der Waals surface area contributed by atoms with E-state index in [9.17, 15) is 0 Å². The van der Waals surface area contributed by atoms with Crippen LogP contribution in [0.2, 0.25) is 0 Å². The molecule has 9 heavy (non-hydrogen) atoms. The summed E-state index contributed by atoms with van der Waals surface area (Å²) in [5.74, 6) is 0. The molecule has 0 aliphatic carbocycles. The molecule has 0 atom stereocenters. The van der Waals surface area contributed by atoms with Crippen molar-refractivity contribution in [3.8, 4) is 0 Å². The SMILES string of the molecule is CCC(Cl)(CC)CO[SiH3]. The zero-order valence-electron chi connectivity index (χ0n) is 6.41. The summed E-state index contributed by atoms with van der Waals surface area (Å²) in [4.78, 5) is -0.0816. The van der Waals surface area contributed by atoms with Crippen molar-refractivity contribution in [3.05, 3.63) is 0 Å². The van der Waals surface area contributed by atoms with Crippen LogP contribution in [0.15, 0.2) is 0 Å². The second-order valence-corrected chi connectivity index (χ2v) is 3.67. The van der Waals surface area contributed by atoms with Gasteiger partial charge >= 0.3 is 0 Å². The van der Waals surface area contributed by atoms with Gasteiger partial charge in [0.05, 0.1) is 11.5 Å². The Balaban J connectivity index is 3.62. The highest BCUT2D eigenvalue weighted by Gasteiger charge is 2.21. The Labute approximate surface area is 65.3 Å². The minimum atomic E-state index is -0.0816. The van der Waals surface area contributed by atoms with Crippen molar-refractivity contribution in [1.82, 2.24) is 0 Å². The fourth-order valence-corrected chi connectivity index (χ4v) is 1.56. The molecule has 0 heterocycles. The number of hydrogen-bond acceptors (Lipinski definition) is 1. The van der Waals surface area contributed by atoms with E-state index in [0.29, 0.717) is 6.61 Å². The summed E-state index contributed by atoms with van der Waals surface area (Å²) < 4.78 is 5.10. The average molecular weight is 167 g/mol. The van der Waals surface area contributed by atoms with Crippen LogP contribution in [0, 0.1) is 0 Å². The van der Waals surface area contributed by atoms with Gasteiger partial charge < -0.3 is 4.43 Å².